The van der Waals surface area contributed by atoms with Crippen molar-refractivity contribution in [2.45, 2.75) is 106 Å². The van der Waals surface area contributed by atoms with E-state index in [4.69, 9.17) is 9.47 Å². The van der Waals surface area contributed by atoms with Crippen LogP contribution in [-0.2, 0) is 30.5 Å². The molecule has 234 valence electrons. The van der Waals surface area contributed by atoms with Crippen LogP contribution in [-0.4, -0.2) is 24.8 Å². The maximum absolute atomic E-state index is 14.5. The number of rotatable bonds is 7. The van der Waals surface area contributed by atoms with Gasteiger partial charge in [0.25, 0.3) is 0 Å². The monoisotopic (exact) mass is 588 g/mol. The summed E-state index contributed by atoms with van der Waals surface area (Å²) in [6.45, 7) is 18.1. The minimum Gasteiger partial charge on any atom is -0.469 e. The fourth-order valence-electron chi connectivity index (χ4n) is 10.3. The van der Waals surface area contributed by atoms with Gasteiger partial charge in [-0.15, -0.1) is 0 Å². The molecule has 0 bridgehead atoms. The van der Waals surface area contributed by atoms with Crippen molar-refractivity contribution in [2.75, 3.05) is 7.11 Å². The molecule has 1 aromatic carbocycles. The number of ether oxygens (including phenoxy) is 2. The molecule has 4 aliphatic carbocycles. The van der Waals surface area contributed by atoms with Crippen LogP contribution in [0.5, 0.6) is 0 Å². The van der Waals surface area contributed by atoms with E-state index in [0.717, 1.165) is 49.7 Å². The van der Waals surface area contributed by atoms with Gasteiger partial charge < -0.3 is 9.47 Å². The molecular formula is C38H52O5. The zero-order valence-electron chi connectivity index (χ0n) is 27.5. The number of hydrogen-bond donors (Lipinski definition) is 0. The van der Waals surface area contributed by atoms with E-state index in [1.165, 1.54) is 12.7 Å². The lowest BCUT2D eigenvalue weighted by atomic mass is 9.35. The summed E-state index contributed by atoms with van der Waals surface area (Å²) < 4.78 is 10.9. The van der Waals surface area contributed by atoms with E-state index in [1.807, 2.05) is 36.4 Å². The number of ketones is 1. The normalized spacial score (nSPS) is 40.3. The molecule has 0 saturated heterocycles. The second-order valence-electron chi connectivity index (χ2n) is 15.7. The van der Waals surface area contributed by atoms with Gasteiger partial charge in [-0.3, -0.25) is 14.4 Å². The zero-order chi connectivity index (χ0) is 31.4. The van der Waals surface area contributed by atoms with Crippen molar-refractivity contribution < 1.29 is 23.9 Å². The van der Waals surface area contributed by atoms with E-state index in [9.17, 15) is 14.4 Å². The van der Waals surface area contributed by atoms with Crippen LogP contribution in [0.15, 0.2) is 54.1 Å². The lowest BCUT2D eigenvalue weighted by Crippen LogP contribution is -2.63. The molecule has 0 aromatic heterocycles. The summed E-state index contributed by atoms with van der Waals surface area (Å²) in [6.07, 6.45) is 9.40. The fraction of sp³-hybridized carbons (Fsp3) is 0.658. The van der Waals surface area contributed by atoms with Crippen LogP contribution >= 0.6 is 0 Å². The summed E-state index contributed by atoms with van der Waals surface area (Å²) in [5, 5.41) is 0. The van der Waals surface area contributed by atoms with Crippen LogP contribution in [0.1, 0.15) is 105 Å². The van der Waals surface area contributed by atoms with Crippen molar-refractivity contribution in [3.05, 3.63) is 59.7 Å². The smallest absolute Gasteiger partial charge is 0.312 e. The van der Waals surface area contributed by atoms with Crippen LogP contribution in [0.3, 0.4) is 0 Å². The van der Waals surface area contributed by atoms with E-state index in [0.29, 0.717) is 19.3 Å². The van der Waals surface area contributed by atoms with Crippen LogP contribution in [0.4, 0.5) is 0 Å². The van der Waals surface area contributed by atoms with Crippen molar-refractivity contribution in [2.24, 2.45) is 44.8 Å². The number of esters is 2. The molecule has 0 amide bonds. The minimum atomic E-state index is -0.592. The number of benzene rings is 1. The highest BCUT2D eigenvalue weighted by molar-refractivity contribution is 5.96. The van der Waals surface area contributed by atoms with Crippen LogP contribution < -0.4 is 0 Å². The first kappa shape index (κ1) is 31.7. The first-order chi connectivity index (χ1) is 20.1. The molecule has 0 radical (unpaired) electrons. The van der Waals surface area contributed by atoms with Crippen molar-refractivity contribution in [1.29, 1.82) is 0 Å². The Balaban J connectivity index is 1.50. The molecule has 1 aromatic rings. The number of methoxy groups -OCH3 is 1. The SMILES string of the molecule is C=C(C)[C@@H]1CC[C@]2(C)[C@H](C(=O)C=C3[C@@H]4C[C@@](C)(C(=O)OCc5ccccc5)CC[C@]4(C)CC[C@]32C)[C@@]1(C)CCC(=O)OC. The van der Waals surface area contributed by atoms with Gasteiger partial charge in [-0.25, -0.2) is 0 Å². The molecular weight excluding hydrogens is 536 g/mol. The summed E-state index contributed by atoms with van der Waals surface area (Å²) in [4.78, 5) is 40.5. The molecule has 0 aliphatic heterocycles. The van der Waals surface area contributed by atoms with Gasteiger partial charge in [0.2, 0.25) is 0 Å². The number of fused-ring (bicyclic) bond motifs is 5. The molecule has 3 saturated carbocycles. The van der Waals surface area contributed by atoms with Crippen molar-refractivity contribution >= 4 is 17.7 Å². The van der Waals surface area contributed by atoms with Gasteiger partial charge in [0, 0.05) is 12.3 Å². The van der Waals surface area contributed by atoms with Crippen molar-refractivity contribution in [3.8, 4) is 0 Å². The first-order valence-electron chi connectivity index (χ1n) is 16.3. The number of allylic oxidation sites excluding steroid dienone is 3. The number of hydrogen-bond acceptors (Lipinski definition) is 5. The van der Waals surface area contributed by atoms with Gasteiger partial charge in [-0.2, -0.15) is 0 Å². The fourth-order valence-corrected chi connectivity index (χ4v) is 10.3. The Labute approximate surface area is 258 Å². The Morgan fingerprint density at radius 1 is 0.977 bits per heavy atom. The molecule has 5 rings (SSSR count). The summed E-state index contributed by atoms with van der Waals surface area (Å²) in [5.74, 6) is -0.0516. The third kappa shape index (κ3) is 5.03. The zero-order valence-corrected chi connectivity index (χ0v) is 27.5. The Kier molecular flexibility index (Phi) is 8.14. The quantitative estimate of drug-likeness (QED) is 0.236. The average Bonchev–Trinajstić information content (AvgIpc) is 2.97. The van der Waals surface area contributed by atoms with Gasteiger partial charge in [0.15, 0.2) is 5.78 Å². The van der Waals surface area contributed by atoms with E-state index in [2.05, 4.69) is 48.1 Å². The topological polar surface area (TPSA) is 69.7 Å². The summed E-state index contributed by atoms with van der Waals surface area (Å²) >= 11 is 0. The maximum atomic E-state index is 14.5. The van der Waals surface area contributed by atoms with E-state index < -0.39 is 10.8 Å². The van der Waals surface area contributed by atoms with Gasteiger partial charge in [0.05, 0.1) is 12.5 Å². The van der Waals surface area contributed by atoms with E-state index >= 15 is 0 Å². The molecule has 43 heavy (non-hydrogen) atoms. The first-order valence-corrected chi connectivity index (χ1v) is 16.3. The maximum Gasteiger partial charge on any atom is 0.312 e. The second kappa shape index (κ2) is 11.0. The number of carbonyl (C=O) groups is 3. The van der Waals surface area contributed by atoms with Gasteiger partial charge >= 0.3 is 11.9 Å². The largest absolute Gasteiger partial charge is 0.469 e. The summed E-state index contributed by atoms with van der Waals surface area (Å²) in [5.41, 5.74) is 1.99. The van der Waals surface area contributed by atoms with Crippen LogP contribution in [0.25, 0.3) is 0 Å². The highest BCUT2D eigenvalue weighted by Gasteiger charge is 2.68. The number of carbonyl (C=O) groups excluding carboxylic acids is 3. The lowest BCUT2D eigenvalue weighted by molar-refractivity contribution is -0.170. The van der Waals surface area contributed by atoms with E-state index in [1.54, 1.807) is 0 Å². The molecule has 8 atom stereocenters. The van der Waals surface area contributed by atoms with Crippen molar-refractivity contribution in [3.63, 3.8) is 0 Å². The van der Waals surface area contributed by atoms with Gasteiger partial charge in [0.1, 0.15) is 6.61 Å². The van der Waals surface area contributed by atoms with E-state index in [-0.39, 0.29) is 58.3 Å². The molecule has 3 fully saturated rings. The average molecular weight is 589 g/mol. The molecule has 5 heteroatoms. The third-order valence-corrected chi connectivity index (χ3v) is 13.2. The minimum absolute atomic E-state index is 0.0527. The Morgan fingerprint density at radius 3 is 2.30 bits per heavy atom. The highest BCUT2D eigenvalue weighted by atomic mass is 16.5. The second-order valence-corrected chi connectivity index (χ2v) is 15.7. The molecule has 0 heterocycles. The lowest BCUT2D eigenvalue weighted by Gasteiger charge is -2.68. The van der Waals surface area contributed by atoms with Gasteiger partial charge in [-0.05, 0) is 110 Å². The molecule has 4 aliphatic rings. The standard InChI is InChI=1S/C38H52O5/c1-25(2)27-14-17-38(7)32(36(27,5)16-15-31(40)42-8)30(39)22-28-29-23-35(4,19-18-34(29,3)20-21-37(28,38)6)33(41)43-24-26-12-10-9-11-13-26/h9-13,22,27,29,32H,1,14-21,23-24H2,2-8H3/t27-,29-,32+,34+,35-,36-,37+,38+/m0/s1. The molecule has 0 N–H and O–H groups in total. The van der Waals surface area contributed by atoms with Crippen LogP contribution in [0, 0.1) is 44.8 Å². The predicted octanol–water partition coefficient (Wildman–Crippen LogP) is 8.42. The third-order valence-electron chi connectivity index (χ3n) is 13.2. The van der Waals surface area contributed by atoms with Gasteiger partial charge in [-0.1, -0.05) is 75.8 Å². The Bertz CT molecular complexity index is 1330. The summed E-state index contributed by atoms with van der Waals surface area (Å²) in [7, 11) is 1.43. The predicted molar refractivity (Wildman–Crippen MR) is 169 cm³/mol. The molecule has 0 spiro atoms. The Morgan fingerprint density at radius 2 is 1.65 bits per heavy atom. The van der Waals surface area contributed by atoms with Crippen LogP contribution in [0.2, 0.25) is 0 Å². The van der Waals surface area contributed by atoms with Crippen molar-refractivity contribution in [1.82, 2.24) is 0 Å². The summed E-state index contributed by atoms with van der Waals surface area (Å²) in [6, 6.07) is 9.86. The molecule has 5 nitrogen and oxygen atoms in total. The Hall–Kier alpha value is -2.69. The highest BCUT2D eigenvalue weighted by Crippen LogP contribution is 2.73. The molecule has 0 unspecified atom stereocenters.